The largest absolute Gasteiger partial charge is 0.465 e. The number of carbonyl (C=O) groups is 2. The fourth-order valence-corrected chi connectivity index (χ4v) is 2.20. The summed E-state index contributed by atoms with van der Waals surface area (Å²) < 4.78 is 18.0. The Morgan fingerprint density at radius 3 is 2.46 bits per heavy atom. The predicted octanol–water partition coefficient (Wildman–Crippen LogP) is 4.32. The third-order valence-corrected chi connectivity index (χ3v) is 3.44. The van der Waals surface area contributed by atoms with Gasteiger partial charge in [0.2, 0.25) is 5.91 Å². The highest BCUT2D eigenvalue weighted by Gasteiger charge is 2.08. The molecule has 1 aromatic heterocycles. The van der Waals surface area contributed by atoms with Gasteiger partial charge < -0.3 is 15.1 Å². The smallest absolute Gasteiger partial charge is 0.255 e. The second kappa shape index (κ2) is 7.94. The van der Waals surface area contributed by atoms with E-state index in [-0.39, 0.29) is 17.6 Å². The Morgan fingerprint density at radius 2 is 1.73 bits per heavy atom. The summed E-state index contributed by atoms with van der Waals surface area (Å²) in [5, 5.41) is 5.34. The molecule has 2 aromatic carbocycles. The maximum Gasteiger partial charge on any atom is 0.255 e. The summed E-state index contributed by atoms with van der Waals surface area (Å²) in [6.45, 7) is 0. The molecule has 0 unspecified atom stereocenters. The number of furan rings is 1. The van der Waals surface area contributed by atoms with E-state index >= 15 is 0 Å². The van der Waals surface area contributed by atoms with Crippen LogP contribution in [0.25, 0.3) is 6.08 Å². The van der Waals surface area contributed by atoms with Crippen LogP contribution in [0.3, 0.4) is 0 Å². The van der Waals surface area contributed by atoms with Crippen LogP contribution in [-0.4, -0.2) is 11.8 Å². The molecule has 2 amide bonds. The zero-order chi connectivity index (χ0) is 18.4. The van der Waals surface area contributed by atoms with Crippen molar-refractivity contribution in [3.05, 3.63) is 90.1 Å². The molecule has 0 aliphatic carbocycles. The van der Waals surface area contributed by atoms with Crippen LogP contribution in [0.4, 0.5) is 15.8 Å². The number of amides is 2. The minimum Gasteiger partial charge on any atom is -0.465 e. The van der Waals surface area contributed by atoms with Crippen LogP contribution in [0.15, 0.2) is 77.4 Å². The zero-order valence-electron chi connectivity index (χ0n) is 13.6. The molecule has 0 saturated heterocycles. The monoisotopic (exact) mass is 350 g/mol. The van der Waals surface area contributed by atoms with E-state index < -0.39 is 0 Å². The van der Waals surface area contributed by atoms with Gasteiger partial charge in [-0.2, -0.15) is 0 Å². The quantitative estimate of drug-likeness (QED) is 0.673. The fraction of sp³-hybridized carbons (Fsp3) is 0. The van der Waals surface area contributed by atoms with Crippen molar-refractivity contribution >= 4 is 29.3 Å². The van der Waals surface area contributed by atoms with E-state index in [9.17, 15) is 14.0 Å². The second-order valence-electron chi connectivity index (χ2n) is 5.38. The molecule has 130 valence electrons. The first-order valence-electron chi connectivity index (χ1n) is 7.80. The number of halogens is 1. The molecular weight excluding hydrogens is 335 g/mol. The van der Waals surface area contributed by atoms with Gasteiger partial charge in [-0.3, -0.25) is 9.59 Å². The first kappa shape index (κ1) is 17.2. The van der Waals surface area contributed by atoms with Gasteiger partial charge in [0.1, 0.15) is 11.6 Å². The van der Waals surface area contributed by atoms with Crippen LogP contribution in [0.1, 0.15) is 16.1 Å². The Kier molecular flexibility index (Phi) is 5.24. The van der Waals surface area contributed by atoms with Crippen LogP contribution in [0, 0.1) is 5.82 Å². The zero-order valence-corrected chi connectivity index (χ0v) is 13.6. The molecule has 3 rings (SSSR count). The summed E-state index contributed by atoms with van der Waals surface area (Å²) in [5.74, 6) is -0.529. The van der Waals surface area contributed by atoms with Crippen LogP contribution < -0.4 is 10.6 Å². The Morgan fingerprint density at radius 1 is 0.923 bits per heavy atom. The van der Waals surface area contributed by atoms with Crippen molar-refractivity contribution in [2.45, 2.75) is 0 Å². The highest BCUT2D eigenvalue weighted by Crippen LogP contribution is 2.14. The minimum absolute atomic E-state index is 0.350. The number of carbonyl (C=O) groups excluding carboxylic acids is 2. The highest BCUT2D eigenvalue weighted by atomic mass is 19.1. The fourth-order valence-electron chi connectivity index (χ4n) is 2.20. The third kappa shape index (κ3) is 4.67. The van der Waals surface area contributed by atoms with E-state index in [1.165, 1.54) is 36.6 Å². The maximum absolute atomic E-state index is 12.9. The van der Waals surface area contributed by atoms with Gasteiger partial charge in [-0.1, -0.05) is 6.07 Å². The van der Waals surface area contributed by atoms with Crippen molar-refractivity contribution in [1.82, 2.24) is 0 Å². The molecule has 3 aromatic rings. The Hall–Kier alpha value is -3.67. The average Bonchev–Trinajstić information content (AvgIpc) is 3.16. The number of anilines is 2. The second-order valence-corrected chi connectivity index (χ2v) is 5.38. The van der Waals surface area contributed by atoms with Gasteiger partial charge in [0, 0.05) is 23.0 Å². The highest BCUT2D eigenvalue weighted by molar-refractivity contribution is 6.06. The molecule has 2 N–H and O–H groups in total. The number of hydrogen-bond donors (Lipinski definition) is 2. The number of rotatable bonds is 5. The van der Waals surface area contributed by atoms with Gasteiger partial charge in [0.15, 0.2) is 0 Å². The van der Waals surface area contributed by atoms with E-state index in [4.69, 9.17) is 4.42 Å². The van der Waals surface area contributed by atoms with Crippen LogP contribution >= 0.6 is 0 Å². The molecule has 0 aliphatic heterocycles. The molecule has 26 heavy (non-hydrogen) atoms. The lowest BCUT2D eigenvalue weighted by molar-refractivity contribution is -0.111. The van der Waals surface area contributed by atoms with E-state index in [1.807, 2.05) is 0 Å². The lowest BCUT2D eigenvalue weighted by Crippen LogP contribution is -2.13. The first-order valence-corrected chi connectivity index (χ1v) is 7.80. The summed E-state index contributed by atoms with van der Waals surface area (Å²) in [6.07, 6.45) is 4.39. The van der Waals surface area contributed by atoms with E-state index in [2.05, 4.69) is 10.6 Å². The summed E-state index contributed by atoms with van der Waals surface area (Å²) in [5.41, 5.74) is 1.32. The normalized spacial score (nSPS) is 10.7. The molecule has 0 aliphatic rings. The summed E-state index contributed by atoms with van der Waals surface area (Å²) in [6, 6.07) is 15.4. The van der Waals surface area contributed by atoms with Crippen LogP contribution in [-0.2, 0) is 4.79 Å². The SMILES string of the molecule is O=C(C=Cc1ccco1)Nc1cccc(C(=O)Nc2ccc(F)cc2)c1. The molecule has 0 spiro atoms. The topological polar surface area (TPSA) is 71.3 Å². The van der Waals surface area contributed by atoms with Crippen LogP contribution in [0.5, 0.6) is 0 Å². The molecule has 0 atom stereocenters. The van der Waals surface area contributed by atoms with Gasteiger partial charge in [-0.15, -0.1) is 0 Å². The Labute approximate surface area is 149 Å². The Balaban J connectivity index is 1.64. The standard InChI is InChI=1S/C20H15FN2O3/c21-15-6-8-16(9-7-15)23-20(25)14-3-1-4-17(13-14)22-19(24)11-10-18-5-2-12-26-18/h1-13H,(H,22,24)(H,23,25). The molecule has 0 saturated carbocycles. The summed E-state index contributed by atoms with van der Waals surface area (Å²) >= 11 is 0. The van der Waals surface area contributed by atoms with Crippen molar-refractivity contribution in [2.75, 3.05) is 10.6 Å². The van der Waals surface area contributed by atoms with Crippen molar-refractivity contribution < 1.29 is 18.4 Å². The number of hydrogen-bond acceptors (Lipinski definition) is 3. The predicted molar refractivity (Wildman–Crippen MR) is 97.2 cm³/mol. The van der Waals surface area contributed by atoms with Gasteiger partial charge in [0.05, 0.1) is 6.26 Å². The molecule has 0 fully saturated rings. The molecular formula is C20H15FN2O3. The van der Waals surface area contributed by atoms with E-state index in [0.717, 1.165) is 0 Å². The lowest BCUT2D eigenvalue weighted by atomic mass is 10.1. The number of nitrogens with one attached hydrogen (secondary N) is 2. The summed E-state index contributed by atoms with van der Waals surface area (Å²) in [7, 11) is 0. The van der Waals surface area contributed by atoms with Gasteiger partial charge in [0.25, 0.3) is 5.91 Å². The van der Waals surface area contributed by atoms with Gasteiger partial charge in [-0.05, 0) is 60.7 Å². The van der Waals surface area contributed by atoms with Crippen LogP contribution in [0.2, 0.25) is 0 Å². The van der Waals surface area contributed by atoms with Crippen molar-refractivity contribution in [2.24, 2.45) is 0 Å². The first-order chi connectivity index (χ1) is 12.6. The molecule has 6 heteroatoms. The van der Waals surface area contributed by atoms with E-state index in [1.54, 1.807) is 42.5 Å². The van der Waals surface area contributed by atoms with Crippen molar-refractivity contribution in [3.8, 4) is 0 Å². The molecule has 1 heterocycles. The number of benzene rings is 2. The van der Waals surface area contributed by atoms with Crippen molar-refractivity contribution in [1.29, 1.82) is 0 Å². The summed E-state index contributed by atoms with van der Waals surface area (Å²) in [4.78, 5) is 24.2. The minimum atomic E-state index is -0.379. The third-order valence-electron chi connectivity index (χ3n) is 3.44. The molecule has 0 radical (unpaired) electrons. The average molecular weight is 350 g/mol. The van der Waals surface area contributed by atoms with Crippen molar-refractivity contribution in [3.63, 3.8) is 0 Å². The lowest BCUT2D eigenvalue weighted by Gasteiger charge is -2.07. The molecule has 5 nitrogen and oxygen atoms in total. The molecule has 0 bridgehead atoms. The van der Waals surface area contributed by atoms with E-state index in [0.29, 0.717) is 22.7 Å². The Bertz CT molecular complexity index is 932. The maximum atomic E-state index is 12.9. The van der Waals surface area contributed by atoms with Gasteiger partial charge >= 0.3 is 0 Å². The van der Waals surface area contributed by atoms with Gasteiger partial charge in [-0.25, -0.2) is 4.39 Å².